The molecule has 3 rings (SSSR count). The molecular formula is C15H24ClN5OS. The van der Waals surface area contributed by atoms with E-state index in [1.165, 1.54) is 12.8 Å². The third-order valence-corrected chi connectivity index (χ3v) is 5.09. The average Bonchev–Trinajstić information content (AvgIpc) is 3.13. The fourth-order valence-electron chi connectivity index (χ4n) is 2.68. The van der Waals surface area contributed by atoms with E-state index < -0.39 is 0 Å². The number of piperidine rings is 1. The molecule has 128 valence electrons. The molecule has 0 amide bonds. The standard InChI is InChI=1S/C15H23N5OS.ClH/c1-10(2)13-7-12(21-19-13)9-22-15-18-17-14(20(15)3)11-5-4-6-16-8-11;/h7,10-11,16H,4-6,8-9H2,1-3H3;1H. The van der Waals surface area contributed by atoms with Crippen LogP contribution in [0, 0.1) is 0 Å². The van der Waals surface area contributed by atoms with Gasteiger partial charge in [-0.1, -0.05) is 30.8 Å². The third-order valence-electron chi connectivity index (χ3n) is 4.04. The van der Waals surface area contributed by atoms with Crippen LogP contribution in [0.4, 0.5) is 0 Å². The Morgan fingerprint density at radius 1 is 1.43 bits per heavy atom. The van der Waals surface area contributed by atoms with Gasteiger partial charge in [-0.15, -0.1) is 22.6 Å². The van der Waals surface area contributed by atoms with Gasteiger partial charge in [0.05, 0.1) is 11.4 Å². The number of aromatic nitrogens is 4. The molecule has 1 aliphatic heterocycles. The summed E-state index contributed by atoms with van der Waals surface area (Å²) in [6, 6.07) is 2.03. The molecule has 1 atom stereocenters. The quantitative estimate of drug-likeness (QED) is 0.829. The molecule has 0 spiro atoms. The first-order chi connectivity index (χ1) is 10.6. The maximum Gasteiger partial charge on any atom is 0.191 e. The summed E-state index contributed by atoms with van der Waals surface area (Å²) in [4.78, 5) is 0. The number of thioether (sulfide) groups is 1. The molecule has 0 aromatic carbocycles. The minimum absolute atomic E-state index is 0. The van der Waals surface area contributed by atoms with Crippen LogP contribution in [0.15, 0.2) is 15.7 Å². The second kappa shape index (κ2) is 8.17. The number of rotatable bonds is 5. The summed E-state index contributed by atoms with van der Waals surface area (Å²) >= 11 is 1.65. The number of halogens is 1. The van der Waals surface area contributed by atoms with Crippen molar-refractivity contribution in [2.45, 2.75) is 49.4 Å². The maximum atomic E-state index is 5.37. The summed E-state index contributed by atoms with van der Waals surface area (Å²) in [6.45, 7) is 6.33. The van der Waals surface area contributed by atoms with Gasteiger partial charge in [0.15, 0.2) is 5.16 Å². The summed E-state index contributed by atoms with van der Waals surface area (Å²) in [6.07, 6.45) is 2.39. The van der Waals surface area contributed by atoms with Gasteiger partial charge in [-0.3, -0.25) is 0 Å². The molecule has 1 saturated heterocycles. The summed E-state index contributed by atoms with van der Waals surface area (Å²) < 4.78 is 7.49. The summed E-state index contributed by atoms with van der Waals surface area (Å²) in [7, 11) is 2.05. The Bertz CT molecular complexity index is 621. The zero-order valence-corrected chi connectivity index (χ0v) is 15.4. The summed E-state index contributed by atoms with van der Waals surface area (Å²) in [5.41, 5.74) is 1.00. The first-order valence-corrected chi connectivity index (χ1v) is 8.82. The number of nitrogens with zero attached hydrogens (tertiary/aromatic N) is 4. The zero-order chi connectivity index (χ0) is 15.5. The van der Waals surface area contributed by atoms with E-state index in [4.69, 9.17) is 4.52 Å². The van der Waals surface area contributed by atoms with Crippen molar-refractivity contribution in [3.63, 3.8) is 0 Å². The lowest BCUT2D eigenvalue weighted by Crippen LogP contribution is -2.29. The molecular weight excluding hydrogens is 334 g/mol. The van der Waals surface area contributed by atoms with Gasteiger partial charge in [0, 0.05) is 25.6 Å². The monoisotopic (exact) mass is 357 g/mol. The molecule has 0 radical (unpaired) electrons. The Labute approximate surface area is 147 Å². The van der Waals surface area contributed by atoms with E-state index in [-0.39, 0.29) is 12.4 Å². The van der Waals surface area contributed by atoms with Gasteiger partial charge < -0.3 is 14.4 Å². The molecule has 6 nitrogen and oxygen atoms in total. The highest BCUT2D eigenvalue weighted by Gasteiger charge is 2.22. The van der Waals surface area contributed by atoms with Crippen molar-refractivity contribution in [2.24, 2.45) is 7.05 Å². The van der Waals surface area contributed by atoms with Crippen LogP contribution in [0.5, 0.6) is 0 Å². The van der Waals surface area contributed by atoms with Crippen molar-refractivity contribution < 1.29 is 4.52 Å². The van der Waals surface area contributed by atoms with E-state index in [1.54, 1.807) is 11.8 Å². The van der Waals surface area contributed by atoms with Gasteiger partial charge in [0.25, 0.3) is 0 Å². The topological polar surface area (TPSA) is 68.8 Å². The molecule has 23 heavy (non-hydrogen) atoms. The highest BCUT2D eigenvalue weighted by Crippen LogP contribution is 2.27. The highest BCUT2D eigenvalue weighted by molar-refractivity contribution is 7.98. The highest BCUT2D eigenvalue weighted by atomic mass is 35.5. The minimum Gasteiger partial charge on any atom is -0.360 e. The van der Waals surface area contributed by atoms with E-state index in [1.807, 2.05) is 13.1 Å². The van der Waals surface area contributed by atoms with Gasteiger partial charge in [-0.05, 0) is 25.3 Å². The lowest BCUT2D eigenvalue weighted by atomic mass is 9.99. The van der Waals surface area contributed by atoms with Gasteiger partial charge in [0.2, 0.25) is 0 Å². The smallest absolute Gasteiger partial charge is 0.191 e. The fraction of sp³-hybridized carbons (Fsp3) is 0.667. The molecule has 2 aromatic heterocycles. The Balaban J connectivity index is 0.00000192. The molecule has 0 aliphatic carbocycles. The van der Waals surface area contributed by atoms with Gasteiger partial charge in [-0.25, -0.2) is 0 Å². The third kappa shape index (κ3) is 4.28. The van der Waals surface area contributed by atoms with Crippen LogP contribution in [-0.4, -0.2) is 33.0 Å². The van der Waals surface area contributed by atoms with Gasteiger partial charge in [0.1, 0.15) is 11.6 Å². The molecule has 0 saturated carbocycles. The lowest BCUT2D eigenvalue weighted by molar-refractivity contribution is 0.385. The number of nitrogens with one attached hydrogen (secondary N) is 1. The SMILES string of the molecule is CC(C)c1cc(CSc2nnc(C3CCCNC3)n2C)on1.Cl. The van der Waals surface area contributed by atoms with E-state index >= 15 is 0 Å². The van der Waals surface area contributed by atoms with Crippen LogP contribution >= 0.6 is 24.2 Å². The van der Waals surface area contributed by atoms with Crippen molar-refractivity contribution in [1.29, 1.82) is 0 Å². The van der Waals surface area contributed by atoms with Gasteiger partial charge in [-0.2, -0.15) is 0 Å². The zero-order valence-electron chi connectivity index (χ0n) is 13.8. The lowest BCUT2D eigenvalue weighted by Gasteiger charge is -2.21. The number of hydrogen-bond donors (Lipinski definition) is 1. The molecule has 1 aliphatic rings. The van der Waals surface area contributed by atoms with Gasteiger partial charge >= 0.3 is 0 Å². The van der Waals surface area contributed by atoms with Crippen molar-refractivity contribution >= 4 is 24.2 Å². The van der Waals surface area contributed by atoms with Crippen LogP contribution in [0.1, 0.15) is 55.8 Å². The second-order valence-corrected chi connectivity index (χ2v) is 7.05. The van der Waals surface area contributed by atoms with Crippen LogP contribution < -0.4 is 5.32 Å². The van der Waals surface area contributed by atoms with Crippen molar-refractivity contribution in [3.8, 4) is 0 Å². The normalized spacial score (nSPS) is 18.2. The fourth-order valence-corrected chi connectivity index (χ4v) is 3.48. The van der Waals surface area contributed by atoms with Crippen molar-refractivity contribution in [2.75, 3.05) is 13.1 Å². The Morgan fingerprint density at radius 3 is 2.91 bits per heavy atom. The predicted octanol–water partition coefficient (Wildman–Crippen LogP) is 3.11. The van der Waals surface area contributed by atoms with Crippen LogP contribution in [0.3, 0.4) is 0 Å². The van der Waals surface area contributed by atoms with E-state index in [9.17, 15) is 0 Å². The molecule has 1 N–H and O–H groups in total. The Morgan fingerprint density at radius 2 is 2.26 bits per heavy atom. The molecule has 8 heteroatoms. The maximum absolute atomic E-state index is 5.37. The largest absolute Gasteiger partial charge is 0.360 e. The van der Waals surface area contributed by atoms with E-state index in [0.717, 1.165) is 41.3 Å². The summed E-state index contributed by atoms with van der Waals surface area (Å²) in [5, 5.41) is 17.2. The van der Waals surface area contributed by atoms with Crippen LogP contribution in [-0.2, 0) is 12.8 Å². The Hall–Kier alpha value is -1.05. The number of hydrogen-bond acceptors (Lipinski definition) is 6. The van der Waals surface area contributed by atoms with E-state index in [2.05, 4.69) is 39.1 Å². The van der Waals surface area contributed by atoms with Crippen molar-refractivity contribution in [3.05, 3.63) is 23.3 Å². The predicted molar refractivity (Wildman–Crippen MR) is 93.2 cm³/mol. The first kappa shape index (κ1) is 18.3. The molecule has 1 unspecified atom stereocenters. The molecule has 3 heterocycles. The first-order valence-electron chi connectivity index (χ1n) is 7.83. The van der Waals surface area contributed by atoms with Crippen LogP contribution in [0.25, 0.3) is 0 Å². The van der Waals surface area contributed by atoms with Crippen molar-refractivity contribution in [1.82, 2.24) is 25.2 Å². The molecule has 1 fully saturated rings. The average molecular weight is 358 g/mol. The second-order valence-electron chi connectivity index (χ2n) is 6.10. The summed E-state index contributed by atoms with van der Waals surface area (Å²) in [5.74, 6) is 3.56. The van der Waals surface area contributed by atoms with E-state index in [0.29, 0.717) is 11.8 Å². The Kier molecular flexibility index (Phi) is 6.50. The minimum atomic E-state index is 0. The van der Waals surface area contributed by atoms with Crippen LogP contribution in [0.2, 0.25) is 0 Å². The molecule has 0 bridgehead atoms. The molecule has 2 aromatic rings.